The van der Waals surface area contributed by atoms with Crippen LogP contribution in [0.3, 0.4) is 0 Å². The van der Waals surface area contributed by atoms with Crippen molar-refractivity contribution in [1.29, 1.82) is 0 Å². The maximum absolute atomic E-state index is 10.3. The van der Waals surface area contributed by atoms with Gasteiger partial charge in [0.1, 0.15) is 0 Å². The fourth-order valence-electron chi connectivity index (χ4n) is 2.59. The lowest BCUT2D eigenvalue weighted by Crippen LogP contribution is -2.28. The Bertz CT molecular complexity index is 170. The lowest BCUT2D eigenvalue weighted by atomic mass is 9.84. The fourth-order valence-corrected chi connectivity index (χ4v) is 2.59. The third kappa shape index (κ3) is 5.55. The molecule has 2 atom stereocenters. The van der Waals surface area contributed by atoms with E-state index in [1.807, 2.05) is 6.92 Å². The van der Waals surface area contributed by atoms with Crippen LogP contribution in [0.4, 0.5) is 0 Å². The van der Waals surface area contributed by atoms with Crippen molar-refractivity contribution >= 4 is 0 Å². The Hall–Kier alpha value is -0.0400. The van der Waals surface area contributed by atoms with Crippen LogP contribution < -0.4 is 0 Å². The van der Waals surface area contributed by atoms with E-state index >= 15 is 0 Å². The molecule has 1 aliphatic carbocycles. The van der Waals surface area contributed by atoms with Crippen molar-refractivity contribution < 1.29 is 5.11 Å². The van der Waals surface area contributed by atoms with Gasteiger partial charge < -0.3 is 5.11 Å². The second kappa shape index (κ2) is 5.89. The number of rotatable bonds is 8. The smallest absolute Gasteiger partial charge is 0.0625 e. The van der Waals surface area contributed by atoms with Crippen LogP contribution in [0.1, 0.15) is 72.1 Å². The molecule has 1 rings (SSSR count). The molecule has 0 aromatic rings. The number of aliphatic hydroxyl groups is 1. The van der Waals surface area contributed by atoms with Crippen molar-refractivity contribution in [2.75, 3.05) is 0 Å². The minimum atomic E-state index is -0.393. The van der Waals surface area contributed by atoms with Crippen molar-refractivity contribution in [2.45, 2.75) is 77.7 Å². The van der Waals surface area contributed by atoms with Crippen LogP contribution in [0, 0.1) is 11.8 Å². The summed E-state index contributed by atoms with van der Waals surface area (Å²) in [4.78, 5) is 0. The molecule has 0 aliphatic heterocycles. The zero-order valence-corrected chi connectivity index (χ0v) is 10.8. The molecular weight excluding hydrogens is 184 g/mol. The first-order valence-corrected chi connectivity index (χ1v) is 6.79. The first kappa shape index (κ1) is 13.0. The van der Waals surface area contributed by atoms with Gasteiger partial charge in [-0.3, -0.25) is 0 Å². The van der Waals surface area contributed by atoms with Crippen molar-refractivity contribution in [2.24, 2.45) is 11.8 Å². The second-order valence-electron chi connectivity index (χ2n) is 5.77. The highest BCUT2D eigenvalue weighted by molar-refractivity contribution is 4.85. The minimum Gasteiger partial charge on any atom is -0.390 e. The van der Waals surface area contributed by atoms with Crippen LogP contribution in [-0.4, -0.2) is 10.7 Å². The molecule has 0 bridgehead atoms. The first-order valence-electron chi connectivity index (χ1n) is 6.79. The zero-order chi connectivity index (χ0) is 11.3. The molecule has 0 aromatic heterocycles. The van der Waals surface area contributed by atoms with E-state index in [1.54, 1.807) is 0 Å². The molecule has 1 saturated carbocycles. The SMILES string of the molecule is CCCCC(CC)CC(C)(O)CC1CC1. The average molecular weight is 212 g/mol. The number of hydrogen-bond donors (Lipinski definition) is 1. The Morgan fingerprint density at radius 2 is 2.00 bits per heavy atom. The van der Waals surface area contributed by atoms with E-state index < -0.39 is 5.60 Å². The van der Waals surface area contributed by atoms with Gasteiger partial charge in [0.2, 0.25) is 0 Å². The van der Waals surface area contributed by atoms with Gasteiger partial charge in [-0.15, -0.1) is 0 Å². The van der Waals surface area contributed by atoms with Crippen LogP contribution in [0.5, 0.6) is 0 Å². The van der Waals surface area contributed by atoms with Crippen LogP contribution in [0.2, 0.25) is 0 Å². The summed E-state index contributed by atoms with van der Waals surface area (Å²) in [5.41, 5.74) is -0.393. The van der Waals surface area contributed by atoms with Gasteiger partial charge in [0, 0.05) is 0 Å². The van der Waals surface area contributed by atoms with Gasteiger partial charge in [-0.05, 0) is 31.6 Å². The molecule has 0 spiro atoms. The monoisotopic (exact) mass is 212 g/mol. The van der Waals surface area contributed by atoms with Crippen LogP contribution in [0.25, 0.3) is 0 Å². The lowest BCUT2D eigenvalue weighted by Gasteiger charge is -2.28. The summed E-state index contributed by atoms with van der Waals surface area (Å²) < 4.78 is 0. The predicted molar refractivity (Wildman–Crippen MR) is 65.9 cm³/mol. The molecule has 0 saturated heterocycles. The van der Waals surface area contributed by atoms with E-state index in [1.165, 1.54) is 38.5 Å². The van der Waals surface area contributed by atoms with Gasteiger partial charge in [0.15, 0.2) is 0 Å². The largest absolute Gasteiger partial charge is 0.390 e. The molecule has 1 heteroatoms. The van der Waals surface area contributed by atoms with E-state index in [9.17, 15) is 5.11 Å². The van der Waals surface area contributed by atoms with Gasteiger partial charge in [-0.25, -0.2) is 0 Å². The van der Waals surface area contributed by atoms with Gasteiger partial charge in [-0.1, -0.05) is 52.4 Å². The summed E-state index contributed by atoms with van der Waals surface area (Å²) in [6.45, 7) is 6.54. The number of unbranched alkanes of at least 4 members (excludes halogenated alkanes) is 1. The zero-order valence-electron chi connectivity index (χ0n) is 10.8. The Morgan fingerprint density at radius 3 is 2.47 bits per heavy atom. The molecule has 0 heterocycles. The van der Waals surface area contributed by atoms with E-state index in [2.05, 4.69) is 13.8 Å². The molecular formula is C14H28O. The Morgan fingerprint density at radius 1 is 1.33 bits per heavy atom. The van der Waals surface area contributed by atoms with Crippen molar-refractivity contribution in [3.05, 3.63) is 0 Å². The first-order chi connectivity index (χ1) is 7.07. The van der Waals surface area contributed by atoms with E-state index in [4.69, 9.17) is 0 Å². The standard InChI is InChI=1S/C14H28O/c1-4-6-7-12(5-2)10-14(3,15)11-13-8-9-13/h12-13,15H,4-11H2,1-3H3. The van der Waals surface area contributed by atoms with Gasteiger partial charge in [0.25, 0.3) is 0 Å². The number of hydrogen-bond acceptors (Lipinski definition) is 1. The average Bonchev–Trinajstić information content (AvgIpc) is 2.95. The normalized spacial score (nSPS) is 22.4. The highest BCUT2D eigenvalue weighted by atomic mass is 16.3. The van der Waals surface area contributed by atoms with Gasteiger partial charge >= 0.3 is 0 Å². The van der Waals surface area contributed by atoms with Crippen LogP contribution >= 0.6 is 0 Å². The predicted octanol–water partition coefficient (Wildman–Crippen LogP) is 4.14. The Balaban J connectivity index is 2.27. The van der Waals surface area contributed by atoms with Crippen molar-refractivity contribution in [3.63, 3.8) is 0 Å². The van der Waals surface area contributed by atoms with Gasteiger partial charge in [-0.2, -0.15) is 0 Å². The van der Waals surface area contributed by atoms with Crippen LogP contribution in [-0.2, 0) is 0 Å². The molecule has 90 valence electrons. The Kier molecular flexibility index (Phi) is 5.11. The van der Waals surface area contributed by atoms with Crippen LogP contribution in [0.15, 0.2) is 0 Å². The summed E-state index contributed by atoms with van der Waals surface area (Å²) in [7, 11) is 0. The molecule has 0 amide bonds. The summed E-state index contributed by atoms with van der Waals surface area (Å²) in [5.74, 6) is 1.57. The van der Waals surface area contributed by atoms with Crippen molar-refractivity contribution in [1.82, 2.24) is 0 Å². The highest BCUT2D eigenvalue weighted by Gasteiger charge is 2.32. The summed E-state index contributed by atoms with van der Waals surface area (Å²) in [5, 5.41) is 10.3. The third-order valence-electron chi connectivity index (χ3n) is 3.70. The Labute approximate surface area is 95.3 Å². The van der Waals surface area contributed by atoms with E-state index in [0.29, 0.717) is 0 Å². The van der Waals surface area contributed by atoms with Crippen molar-refractivity contribution in [3.8, 4) is 0 Å². The third-order valence-corrected chi connectivity index (χ3v) is 3.70. The molecule has 0 aromatic carbocycles. The van der Waals surface area contributed by atoms with Gasteiger partial charge in [0.05, 0.1) is 5.60 Å². The highest BCUT2D eigenvalue weighted by Crippen LogP contribution is 2.39. The molecule has 1 fully saturated rings. The molecule has 1 N–H and O–H groups in total. The maximum atomic E-state index is 10.3. The summed E-state index contributed by atoms with van der Waals surface area (Å²) in [6, 6.07) is 0. The second-order valence-corrected chi connectivity index (χ2v) is 5.77. The molecule has 1 nitrogen and oxygen atoms in total. The molecule has 15 heavy (non-hydrogen) atoms. The van der Waals surface area contributed by atoms with E-state index in [0.717, 1.165) is 24.7 Å². The fraction of sp³-hybridized carbons (Fsp3) is 1.00. The van der Waals surface area contributed by atoms with E-state index in [-0.39, 0.29) is 0 Å². The topological polar surface area (TPSA) is 20.2 Å². The summed E-state index contributed by atoms with van der Waals surface area (Å²) >= 11 is 0. The molecule has 0 radical (unpaired) electrons. The molecule has 2 unspecified atom stereocenters. The summed E-state index contributed by atoms with van der Waals surface area (Å²) in [6.07, 6.45) is 9.87. The molecule has 1 aliphatic rings. The quantitative estimate of drug-likeness (QED) is 0.641. The maximum Gasteiger partial charge on any atom is 0.0625 e. The minimum absolute atomic E-state index is 0.393. The lowest BCUT2D eigenvalue weighted by molar-refractivity contribution is 0.0180.